The molecule has 16 heavy (non-hydrogen) atoms. The second-order valence-corrected chi connectivity index (χ2v) is 4.83. The number of hydrogen-bond acceptors (Lipinski definition) is 2. The Kier molecular flexibility index (Phi) is 5.44. The van der Waals surface area contributed by atoms with E-state index in [0.29, 0.717) is 0 Å². The average molecular weight is 222 g/mol. The number of rotatable bonds is 6. The molecule has 0 aliphatic heterocycles. The second-order valence-electron chi connectivity index (χ2n) is 4.83. The first-order valence-corrected chi connectivity index (χ1v) is 6.44. The van der Waals surface area contributed by atoms with Crippen LogP contribution in [0.5, 0.6) is 0 Å². The zero-order valence-electron chi connectivity index (χ0n) is 11.2. The quantitative estimate of drug-likeness (QED) is 0.695. The Bertz CT molecular complexity index is 266. The first-order valence-electron chi connectivity index (χ1n) is 6.44. The van der Waals surface area contributed by atoms with Gasteiger partial charge >= 0.3 is 0 Å². The lowest BCUT2D eigenvalue weighted by molar-refractivity contribution is 0.323. The Morgan fingerprint density at radius 1 is 1.38 bits per heavy atom. The molecule has 0 heterocycles. The van der Waals surface area contributed by atoms with E-state index in [1.165, 1.54) is 30.8 Å². The highest BCUT2D eigenvalue weighted by molar-refractivity contribution is 5.21. The third-order valence-corrected chi connectivity index (χ3v) is 3.28. The highest BCUT2D eigenvalue weighted by Crippen LogP contribution is 2.21. The van der Waals surface area contributed by atoms with Gasteiger partial charge in [-0.1, -0.05) is 32.4 Å². The SMILES string of the molecule is CCCC(C)CN(C)C1=C(NC)CC=CC1. The van der Waals surface area contributed by atoms with Gasteiger partial charge in [0.15, 0.2) is 0 Å². The van der Waals surface area contributed by atoms with Crippen LogP contribution in [0.4, 0.5) is 0 Å². The van der Waals surface area contributed by atoms with E-state index in [1.54, 1.807) is 0 Å². The Labute approximate surface area is 100 Å². The van der Waals surface area contributed by atoms with Crippen LogP contribution in [0.15, 0.2) is 23.5 Å². The Hall–Kier alpha value is -0.920. The summed E-state index contributed by atoms with van der Waals surface area (Å²) in [4.78, 5) is 2.43. The smallest absolute Gasteiger partial charge is 0.0364 e. The summed E-state index contributed by atoms with van der Waals surface area (Å²) in [6.07, 6.45) is 9.26. The number of nitrogens with zero attached hydrogens (tertiary/aromatic N) is 1. The molecule has 1 N–H and O–H groups in total. The van der Waals surface area contributed by atoms with E-state index in [9.17, 15) is 0 Å². The molecule has 1 aliphatic carbocycles. The molecular formula is C14H26N2. The molecule has 0 aromatic heterocycles. The van der Waals surface area contributed by atoms with Crippen molar-refractivity contribution in [3.8, 4) is 0 Å². The van der Waals surface area contributed by atoms with E-state index >= 15 is 0 Å². The van der Waals surface area contributed by atoms with Gasteiger partial charge in [-0.05, 0) is 12.3 Å². The van der Waals surface area contributed by atoms with Gasteiger partial charge in [0, 0.05) is 44.9 Å². The molecule has 0 spiro atoms. The number of hydrogen-bond donors (Lipinski definition) is 1. The molecule has 1 aliphatic rings. The van der Waals surface area contributed by atoms with Crippen LogP contribution in [-0.2, 0) is 0 Å². The molecule has 1 atom stereocenters. The van der Waals surface area contributed by atoms with Gasteiger partial charge in [-0.15, -0.1) is 0 Å². The van der Waals surface area contributed by atoms with Crippen LogP contribution in [0.2, 0.25) is 0 Å². The standard InChI is InChI=1S/C14H26N2/c1-5-8-12(2)11-16(4)14-10-7-6-9-13(14)15-3/h6-7,12,15H,5,8-11H2,1-4H3. The third-order valence-electron chi connectivity index (χ3n) is 3.28. The van der Waals surface area contributed by atoms with Crippen LogP contribution >= 0.6 is 0 Å². The van der Waals surface area contributed by atoms with Gasteiger partial charge in [-0.25, -0.2) is 0 Å². The van der Waals surface area contributed by atoms with Crippen molar-refractivity contribution in [1.82, 2.24) is 10.2 Å². The van der Waals surface area contributed by atoms with Crippen LogP contribution in [0.3, 0.4) is 0 Å². The third kappa shape index (κ3) is 3.58. The van der Waals surface area contributed by atoms with Crippen molar-refractivity contribution in [1.29, 1.82) is 0 Å². The lowest BCUT2D eigenvalue weighted by atomic mass is 10.0. The summed E-state index contributed by atoms with van der Waals surface area (Å²) in [5.41, 5.74) is 2.85. The van der Waals surface area contributed by atoms with Crippen molar-refractivity contribution in [3.63, 3.8) is 0 Å². The van der Waals surface area contributed by atoms with Gasteiger partial charge in [0.05, 0.1) is 0 Å². The molecule has 2 heteroatoms. The molecule has 0 radical (unpaired) electrons. The van der Waals surface area contributed by atoms with E-state index in [1.807, 2.05) is 7.05 Å². The molecule has 0 aromatic carbocycles. The molecule has 0 bridgehead atoms. The summed E-state index contributed by atoms with van der Waals surface area (Å²) in [5, 5.41) is 3.33. The average Bonchev–Trinajstić information content (AvgIpc) is 2.29. The zero-order valence-corrected chi connectivity index (χ0v) is 11.2. The maximum Gasteiger partial charge on any atom is 0.0364 e. The van der Waals surface area contributed by atoms with Gasteiger partial charge in [-0.2, -0.15) is 0 Å². The van der Waals surface area contributed by atoms with Crippen LogP contribution in [0, 0.1) is 5.92 Å². The Morgan fingerprint density at radius 3 is 2.69 bits per heavy atom. The van der Waals surface area contributed by atoms with Crippen molar-refractivity contribution < 1.29 is 0 Å². The minimum Gasteiger partial charge on any atom is -0.390 e. The number of nitrogens with one attached hydrogen (secondary N) is 1. The summed E-state index contributed by atoms with van der Waals surface area (Å²) in [5.74, 6) is 0.784. The van der Waals surface area contributed by atoms with Crippen molar-refractivity contribution in [2.75, 3.05) is 20.6 Å². The monoisotopic (exact) mass is 222 g/mol. The highest BCUT2D eigenvalue weighted by Gasteiger charge is 2.13. The largest absolute Gasteiger partial charge is 0.390 e. The lowest BCUT2D eigenvalue weighted by Crippen LogP contribution is -2.28. The maximum absolute atomic E-state index is 3.33. The first kappa shape index (κ1) is 13.1. The maximum atomic E-state index is 3.33. The fraction of sp³-hybridized carbons (Fsp3) is 0.714. The van der Waals surface area contributed by atoms with Crippen molar-refractivity contribution in [2.24, 2.45) is 5.92 Å². The van der Waals surface area contributed by atoms with Crippen LogP contribution in [0.1, 0.15) is 39.5 Å². The Morgan fingerprint density at radius 2 is 2.06 bits per heavy atom. The normalized spacial score (nSPS) is 17.5. The molecular weight excluding hydrogens is 196 g/mol. The predicted octanol–water partition coefficient (Wildman–Crippen LogP) is 3.14. The molecule has 2 nitrogen and oxygen atoms in total. The fourth-order valence-electron chi connectivity index (χ4n) is 2.43. The van der Waals surface area contributed by atoms with Gasteiger partial charge < -0.3 is 10.2 Å². The number of allylic oxidation sites excluding steroid dienone is 2. The topological polar surface area (TPSA) is 15.3 Å². The van der Waals surface area contributed by atoms with Crippen molar-refractivity contribution in [3.05, 3.63) is 23.5 Å². The van der Waals surface area contributed by atoms with Gasteiger partial charge in [0.1, 0.15) is 0 Å². The Balaban J connectivity index is 2.57. The van der Waals surface area contributed by atoms with E-state index in [4.69, 9.17) is 0 Å². The molecule has 0 saturated heterocycles. The summed E-state index contributed by atoms with van der Waals surface area (Å²) in [6, 6.07) is 0. The fourth-order valence-corrected chi connectivity index (χ4v) is 2.43. The van der Waals surface area contributed by atoms with Crippen LogP contribution < -0.4 is 5.32 Å². The van der Waals surface area contributed by atoms with E-state index in [-0.39, 0.29) is 0 Å². The van der Waals surface area contributed by atoms with Crippen LogP contribution in [-0.4, -0.2) is 25.5 Å². The van der Waals surface area contributed by atoms with Gasteiger partial charge in [0.2, 0.25) is 0 Å². The zero-order chi connectivity index (χ0) is 12.0. The predicted molar refractivity (Wildman–Crippen MR) is 71.2 cm³/mol. The molecule has 0 amide bonds. The minimum atomic E-state index is 0.784. The summed E-state index contributed by atoms with van der Waals surface area (Å²) >= 11 is 0. The second kappa shape index (κ2) is 6.62. The summed E-state index contributed by atoms with van der Waals surface area (Å²) < 4.78 is 0. The van der Waals surface area contributed by atoms with E-state index in [2.05, 4.69) is 43.3 Å². The van der Waals surface area contributed by atoms with Crippen molar-refractivity contribution in [2.45, 2.75) is 39.5 Å². The summed E-state index contributed by atoms with van der Waals surface area (Å²) in [6.45, 7) is 5.78. The molecule has 1 unspecified atom stereocenters. The molecule has 1 rings (SSSR count). The molecule has 0 aromatic rings. The molecule has 0 fully saturated rings. The lowest BCUT2D eigenvalue weighted by Gasteiger charge is -2.29. The van der Waals surface area contributed by atoms with E-state index < -0.39 is 0 Å². The van der Waals surface area contributed by atoms with Crippen molar-refractivity contribution >= 4 is 0 Å². The molecule has 92 valence electrons. The van der Waals surface area contributed by atoms with Gasteiger partial charge in [-0.3, -0.25) is 0 Å². The van der Waals surface area contributed by atoms with Gasteiger partial charge in [0.25, 0.3) is 0 Å². The highest BCUT2D eigenvalue weighted by atomic mass is 15.1. The van der Waals surface area contributed by atoms with Crippen LogP contribution in [0.25, 0.3) is 0 Å². The summed E-state index contributed by atoms with van der Waals surface area (Å²) in [7, 11) is 4.25. The molecule has 0 saturated carbocycles. The minimum absolute atomic E-state index is 0.784. The van der Waals surface area contributed by atoms with E-state index in [0.717, 1.165) is 18.8 Å². The first-order chi connectivity index (χ1) is 7.69.